The van der Waals surface area contributed by atoms with Gasteiger partial charge in [0, 0.05) is 5.56 Å². The van der Waals surface area contributed by atoms with E-state index in [2.05, 4.69) is 5.48 Å². The van der Waals surface area contributed by atoms with Crippen LogP contribution in [0.15, 0.2) is 30.3 Å². The van der Waals surface area contributed by atoms with Gasteiger partial charge in [0.25, 0.3) is 5.91 Å². The first-order valence-electron chi connectivity index (χ1n) is 5.43. The van der Waals surface area contributed by atoms with Crippen molar-refractivity contribution in [1.82, 2.24) is 5.48 Å². The summed E-state index contributed by atoms with van der Waals surface area (Å²) in [6, 6.07) is 8.58. The number of carbonyl (C=O) groups excluding carboxylic acids is 2. The molecular formula is C13H17NO3. The zero-order chi connectivity index (χ0) is 12.9. The molecule has 4 nitrogen and oxygen atoms in total. The van der Waals surface area contributed by atoms with Crippen LogP contribution in [0.5, 0.6) is 0 Å². The summed E-state index contributed by atoms with van der Waals surface area (Å²) in [6.07, 6.45) is 0.252. The molecule has 0 atom stereocenters. The summed E-state index contributed by atoms with van der Waals surface area (Å²) in [5.41, 5.74) is 2.43. The lowest BCUT2D eigenvalue weighted by molar-refractivity contribution is -0.151. The van der Waals surface area contributed by atoms with Crippen LogP contribution in [0.25, 0.3) is 0 Å². The highest BCUT2D eigenvalue weighted by atomic mass is 16.7. The zero-order valence-corrected chi connectivity index (χ0v) is 10.3. The normalized spacial score (nSPS) is 10.8. The predicted octanol–water partition coefficient (Wildman–Crippen LogP) is 2.31. The first kappa shape index (κ1) is 13.2. The second-order valence-electron chi connectivity index (χ2n) is 5.01. The largest absolute Gasteiger partial charge is 0.341 e. The first-order valence-corrected chi connectivity index (χ1v) is 5.43. The fourth-order valence-corrected chi connectivity index (χ4v) is 1.22. The van der Waals surface area contributed by atoms with E-state index >= 15 is 0 Å². The minimum Gasteiger partial charge on any atom is -0.341 e. The van der Waals surface area contributed by atoms with Gasteiger partial charge in [-0.1, -0.05) is 39.0 Å². The highest BCUT2D eigenvalue weighted by Crippen LogP contribution is 2.18. The molecule has 17 heavy (non-hydrogen) atoms. The molecule has 92 valence electrons. The Kier molecular flexibility index (Phi) is 4.26. The number of nitrogens with one attached hydrogen (secondary N) is 1. The lowest BCUT2D eigenvalue weighted by atomic mass is 9.93. The number of rotatable bonds is 2. The van der Waals surface area contributed by atoms with Gasteiger partial charge < -0.3 is 4.84 Å². The van der Waals surface area contributed by atoms with Crippen molar-refractivity contribution in [3.05, 3.63) is 35.9 Å². The van der Waals surface area contributed by atoms with E-state index in [0.29, 0.717) is 5.56 Å². The van der Waals surface area contributed by atoms with Crippen LogP contribution in [0.1, 0.15) is 37.6 Å². The summed E-state index contributed by atoms with van der Waals surface area (Å²) >= 11 is 0. The van der Waals surface area contributed by atoms with E-state index in [1.54, 1.807) is 24.3 Å². The molecule has 0 aliphatic carbocycles. The molecule has 0 aromatic heterocycles. The number of hydroxylamine groups is 1. The van der Waals surface area contributed by atoms with Crippen LogP contribution in [0, 0.1) is 5.41 Å². The number of hydrogen-bond acceptors (Lipinski definition) is 3. The minimum absolute atomic E-state index is 0.158. The van der Waals surface area contributed by atoms with Crippen molar-refractivity contribution in [3.8, 4) is 0 Å². The van der Waals surface area contributed by atoms with E-state index in [9.17, 15) is 9.59 Å². The van der Waals surface area contributed by atoms with Crippen LogP contribution >= 0.6 is 0 Å². The Hall–Kier alpha value is -1.84. The second-order valence-corrected chi connectivity index (χ2v) is 5.01. The quantitative estimate of drug-likeness (QED) is 0.800. The van der Waals surface area contributed by atoms with E-state index < -0.39 is 11.9 Å². The van der Waals surface area contributed by atoms with Crippen LogP contribution in [-0.2, 0) is 9.63 Å². The van der Waals surface area contributed by atoms with Gasteiger partial charge in [-0.15, -0.1) is 0 Å². The molecule has 0 saturated heterocycles. The van der Waals surface area contributed by atoms with E-state index in [1.165, 1.54) is 0 Å². The van der Waals surface area contributed by atoms with Crippen LogP contribution in [0.4, 0.5) is 0 Å². The molecule has 0 heterocycles. The van der Waals surface area contributed by atoms with E-state index in [1.807, 2.05) is 26.8 Å². The Morgan fingerprint density at radius 1 is 1.18 bits per heavy atom. The lowest BCUT2D eigenvalue weighted by Crippen LogP contribution is -2.28. The lowest BCUT2D eigenvalue weighted by Gasteiger charge is -2.16. The third-order valence-corrected chi connectivity index (χ3v) is 1.97. The van der Waals surface area contributed by atoms with Crippen molar-refractivity contribution in [2.24, 2.45) is 5.41 Å². The summed E-state index contributed by atoms with van der Waals surface area (Å²) in [6.45, 7) is 5.77. The van der Waals surface area contributed by atoms with Crippen LogP contribution in [-0.4, -0.2) is 11.9 Å². The molecule has 1 aromatic rings. The monoisotopic (exact) mass is 235 g/mol. The van der Waals surface area contributed by atoms with Crippen molar-refractivity contribution in [2.45, 2.75) is 27.2 Å². The highest BCUT2D eigenvalue weighted by molar-refractivity contribution is 5.94. The first-order chi connectivity index (χ1) is 7.88. The fourth-order valence-electron chi connectivity index (χ4n) is 1.22. The fraction of sp³-hybridized carbons (Fsp3) is 0.385. The second kappa shape index (κ2) is 5.48. The Labute approximate surface area is 101 Å². The molecule has 1 aromatic carbocycles. The molecule has 1 rings (SSSR count). The molecule has 0 spiro atoms. The summed E-state index contributed by atoms with van der Waals surface area (Å²) < 4.78 is 0. The molecule has 0 bridgehead atoms. The molecule has 0 radical (unpaired) electrons. The average molecular weight is 235 g/mol. The molecule has 0 saturated carbocycles. The van der Waals surface area contributed by atoms with Gasteiger partial charge in [-0.05, 0) is 17.5 Å². The minimum atomic E-state index is -0.443. The van der Waals surface area contributed by atoms with Crippen LogP contribution in [0.3, 0.4) is 0 Å². The van der Waals surface area contributed by atoms with Crippen LogP contribution in [0.2, 0.25) is 0 Å². The highest BCUT2D eigenvalue weighted by Gasteiger charge is 2.18. The number of carbonyl (C=O) groups is 2. The Morgan fingerprint density at radius 2 is 1.76 bits per heavy atom. The average Bonchev–Trinajstić information content (AvgIpc) is 2.25. The van der Waals surface area contributed by atoms with E-state index in [4.69, 9.17) is 4.84 Å². The third kappa shape index (κ3) is 5.15. The van der Waals surface area contributed by atoms with Crippen LogP contribution < -0.4 is 5.48 Å². The zero-order valence-electron chi connectivity index (χ0n) is 10.3. The summed E-state index contributed by atoms with van der Waals surface area (Å²) in [5, 5.41) is 0. The molecule has 1 amide bonds. The van der Waals surface area contributed by atoms with Gasteiger partial charge in [0.05, 0.1) is 6.42 Å². The Morgan fingerprint density at radius 3 is 2.29 bits per heavy atom. The standard InChI is InChI=1S/C13H17NO3/c1-13(2,3)9-11(15)17-14-12(16)10-7-5-4-6-8-10/h4-8H,9H2,1-3H3,(H,14,16). The van der Waals surface area contributed by atoms with E-state index in [0.717, 1.165) is 0 Å². The van der Waals surface area contributed by atoms with Gasteiger partial charge in [0.2, 0.25) is 0 Å². The van der Waals surface area contributed by atoms with Crippen molar-refractivity contribution in [3.63, 3.8) is 0 Å². The molecule has 0 unspecified atom stereocenters. The molecule has 0 aliphatic heterocycles. The van der Waals surface area contributed by atoms with Gasteiger partial charge in [-0.3, -0.25) is 4.79 Å². The Bertz CT molecular complexity index is 393. The van der Waals surface area contributed by atoms with Gasteiger partial charge in [-0.2, -0.15) is 5.48 Å². The number of amides is 1. The Balaban J connectivity index is 2.42. The van der Waals surface area contributed by atoms with Crippen molar-refractivity contribution < 1.29 is 14.4 Å². The number of benzene rings is 1. The maximum absolute atomic E-state index is 11.5. The van der Waals surface area contributed by atoms with Crippen molar-refractivity contribution in [2.75, 3.05) is 0 Å². The maximum atomic E-state index is 11.5. The summed E-state index contributed by atoms with van der Waals surface area (Å²) in [7, 11) is 0. The van der Waals surface area contributed by atoms with Gasteiger partial charge in [0.15, 0.2) is 0 Å². The molecular weight excluding hydrogens is 218 g/mol. The predicted molar refractivity (Wildman–Crippen MR) is 64.1 cm³/mol. The molecule has 0 fully saturated rings. The molecule has 1 N–H and O–H groups in total. The van der Waals surface area contributed by atoms with Gasteiger partial charge in [0.1, 0.15) is 0 Å². The van der Waals surface area contributed by atoms with Crippen molar-refractivity contribution in [1.29, 1.82) is 0 Å². The topological polar surface area (TPSA) is 55.4 Å². The SMILES string of the molecule is CC(C)(C)CC(=O)ONC(=O)c1ccccc1. The maximum Gasteiger partial charge on any atom is 0.332 e. The van der Waals surface area contributed by atoms with Gasteiger partial charge in [-0.25, -0.2) is 4.79 Å². The van der Waals surface area contributed by atoms with Gasteiger partial charge >= 0.3 is 5.97 Å². The smallest absolute Gasteiger partial charge is 0.332 e. The van der Waals surface area contributed by atoms with E-state index in [-0.39, 0.29) is 11.8 Å². The van der Waals surface area contributed by atoms with Crippen molar-refractivity contribution >= 4 is 11.9 Å². The number of hydrogen-bond donors (Lipinski definition) is 1. The third-order valence-electron chi connectivity index (χ3n) is 1.97. The summed E-state index contributed by atoms with van der Waals surface area (Å²) in [5.74, 6) is -0.866. The molecule has 0 aliphatic rings. The summed E-state index contributed by atoms with van der Waals surface area (Å²) in [4.78, 5) is 27.6. The molecule has 4 heteroatoms.